The molecule has 0 saturated heterocycles. The first-order valence-electron chi connectivity index (χ1n) is 5.27. The molecule has 0 atom stereocenters. The van der Waals surface area contributed by atoms with Crippen molar-refractivity contribution in [3.63, 3.8) is 0 Å². The van der Waals surface area contributed by atoms with Gasteiger partial charge in [-0.25, -0.2) is 0 Å². The van der Waals surface area contributed by atoms with Crippen LogP contribution in [-0.2, 0) is 11.3 Å². The quantitative estimate of drug-likeness (QED) is 0.745. The maximum atomic E-state index is 11.3. The van der Waals surface area contributed by atoms with E-state index in [9.17, 15) is 4.79 Å². The van der Waals surface area contributed by atoms with Crippen molar-refractivity contribution in [3.8, 4) is 5.75 Å². The molecule has 1 aromatic carbocycles. The van der Waals surface area contributed by atoms with Gasteiger partial charge in [-0.3, -0.25) is 4.79 Å². The third-order valence-corrected chi connectivity index (χ3v) is 2.22. The summed E-state index contributed by atoms with van der Waals surface area (Å²) < 4.78 is 5.05. The van der Waals surface area contributed by atoms with Crippen LogP contribution in [0.3, 0.4) is 0 Å². The van der Waals surface area contributed by atoms with Crippen molar-refractivity contribution < 1.29 is 9.53 Å². The van der Waals surface area contributed by atoms with Gasteiger partial charge in [0.2, 0.25) is 5.91 Å². The Bertz CT molecular complexity index is 343. The molecule has 0 spiro atoms. The second kappa shape index (κ2) is 6.67. The van der Waals surface area contributed by atoms with E-state index in [1.54, 1.807) is 13.2 Å². The number of carbonyl (C=O) groups excluding carboxylic acids is 1. The van der Waals surface area contributed by atoms with E-state index in [1.807, 2.05) is 24.3 Å². The summed E-state index contributed by atoms with van der Waals surface area (Å²) in [6.45, 7) is 4.13. The predicted molar refractivity (Wildman–Crippen MR) is 64.3 cm³/mol. The Balaban J connectivity index is 2.36. The zero-order valence-electron chi connectivity index (χ0n) is 9.53. The lowest BCUT2D eigenvalue weighted by Crippen LogP contribution is -2.22. The van der Waals surface area contributed by atoms with Gasteiger partial charge in [-0.05, 0) is 24.1 Å². The molecule has 0 saturated carbocycles. The number of hydrogen-bond acceptors (Lipinski definition) is 2. The van der Waals surface area contributed by atoms with Gasteiger partial charge in [-0.1, -0.05) is 18.2 Å². The van der Waals surface area contributed by atoms with E-state index in [4.69, 9.17) is 4.74 Å². The van der Waals surface area contributed by atoms with Crippen molar-refractivity contribution in [2.75, 3.05) is 7.11 Å². The second-order valence-corrected chi connectivity index (χ2v) is 3.45. The Morgan fingerprint density at radius 2 is 2.12 bits per heavy atom. The van der Waals surface area contributed by atoms with Gasteiger partial charge in [0.25, 0.3) is 0 Å². The van der Waals surface area contributed by atoms with Crippen molar-refractivity contribution >= 4 is 5.91 Å². The summed E-state index contributed by atoms with van der Waals surface area (Å²) in [4.78, 5) is 11.3. The van der Waals surface area contributed by atoms with E-state index >= 15 is 0 Å². The Morgan fingerprint density at radius 1 is 1.44 bits per heavy atom. The standard InChI is InChI=1S/C13H17NO2/c1-3-4-5-13(15)14-10-11-6-8-12(16-2)9-7-11/h3,6-9H,1,4-5,10H2,2H3,(H,14,15). The van der Waals surface area contributed by atoms with Crippen LogP contribution in [0.15, 0.2) is 36.9 Å². The van der Waals surface area contributed by atoms with Crippen molar-refractivity contribution in [1.82, 2.24) is 5.32 Å². The molecule has 0 heterocycles. The van der Waals surface area contributed by atoms with Crippen LogP contribution < -0.4 is 10.1 Å². The average molecular weight is 219 g/mol. The molecule has 0 unspecified atom stereocenters. The summed E-state index contributed by atoms with van der Waals surface area (Å²) in [5, 5.41) is 2.84. The van der Waals surface area contributed by atoms with Gasteiger partial charge < -0.3 is 10.1 Å². The van der Waals surface area contributed by atoms with Gasteiger partial charge in [-0.2, -0.15) is 0 Å². The van der Waals surface area contributed by atoms with E-state index in [1.165, 1.54) is 0 Å². The van der Waals surface area contributed by atoms with Crippen LogP contribution >= 0.6 is 0 Å². The summed E-state index contributed by atoms with van der Waals surface area (Å²) in [6.07, 6.45) is 2.96. The molecule has 0 aliphatic carbocycles. The lowest BCUT2D eigenvalue weighted by atomic mass is 10.2. The van der Waals surface area contributed by atoms with Gasteiger partial charge in [-0.15, -0.1) is 6.58 Å². The maximum Gasteiger partial charge on any atom is 0.220 e. The third-order valence-electron chi connectivity index (χ3n) is 2.22. The minimum Gasteiger partial charge on any atom is -0.497 e. The number of amides is 1. The molecule has 0 fully saturated rings. The van der Waals surface area contributed by atoms with Gasteiger partial charge >= 0.3 is 0 Å². The fourth-order valence-electron chi connectivity index (χ4n) is 1.27. The molecule has 0 bridgehead atoms. The molecule has 86 valence electrons. The molecule has 1 rings (SSSR count). The number of ether oxygens (including phenoxy) is 1. The lowest BCUT2D eigenvalue weighted by Gasteiger charge is -2.05. The molecule has 3 heteroatoms. The number of benzene rings is 1. The van der Waals surface area contributed by atoms with Crippen LogP contribution in [-0.4, -0.2) is 13.0 Å². The predicted octanol–water partition coefficient (Wildman–Crippen LogP) is 2.28. The van der Waals surface area contributed by atoms with Crippen molar-refractivity contribution in [2.45, 2.75) is 19.4 Å². The Kier molecular flexibility index (Phi) is 5.12. The molecule has 1 amide bonds. The fraction of sp³-hybridized carbons (Fsp3) is 0.308. The summed E-state index contributed by atoms with van der Waals surface area (Å²) >= 11 is 0. The number of nitrogens with one attached hydrogen (secondary N) is 1. The molecule has 1 N–H and O–H groups in total. The largest absolute Gasteiger partial charge is 0.497 e. The molecule has 0 aliphatic rings. The smallest absolute Gasteiger partial charge is 0.220 e. The van der Waals surface area contributed by atoms with Gasteiger partial charge in [0.15, 0.2) is 0 Å². The van der Waals surface area contributed by atoms with Crippen LogP contribution in [0.2, 0.25) is 0 Å². The zero-order valence-corrected chi connectivity index (χ0v) is 9.53. The van der Waals surface area contributed by atoms with E-state index in [-0.39, 0.29) is 5.91 Å². The van der Waals surface area contributed by atoms with Crippen molar-refractivity contribution in [3.05, 3.63) is 42.5 Å². The first-order valence-corrected chi connectivity index (χ1v) is 5.27. The fourth-order valence-corrected chi connectivity index (χ4v) is 1.27. The topological polar surface area (TPSA) is 38.3 Å². The highest BCUT2D eigenvalue weighted by Gasteiger charge is 1.99. The minimum atomic E-state index is 0.0516. The van der Waals surface area contributed by atoms with Gasteiger partial charge in [0, 0.05) is 13.0 Å². The van der Waals surface area contributed by atoms with Crippen LogP contribution in [0.4, 0.5) is 0 Å². The van der Waals surface area contributed by atoms with Gasteiger partial charge in [0.05, 0.1) is 7.11 Å². The molecular formula is C13H17NO2. The van der Waals surface area contributed by atoms with Crippen molar-refractivity contribution in [1.29, 1.82) is 0 Å². The molecule has 1 aromatic rings. The Hall–Kier alpha value is -1.77. The summed E-state index contributed by atoms with van der Waals surface area (Å²) in [6, 6.07) is 7.63. The minimum absolute atomic E-state index is 0.0516. The highest BCUT2D eigenvalue weighted by Crippen LogP contribution is 2.10. The number of hydrogen-bond donors (Lipinski definition) is 1. The van der Waals surface area contributed by atoms with Crippen LogP contribution in [0.25, 0.3) is 0 Å². The molecule has 3 nitrogen and oxygen atoms in total. The monoisotopic (exact) mass is 219 g/mol. The highest BCUT2D eigenvalue weighted by molar-refractivity contribution is 5.75. The number of rotatable bonds is 6. The molecule has 0 aliphatic heterocycles. The Morgan fingerprint density at radius 3 is 2.69 bits per heavy atom. The van der Waals surface area contributed by atoms with E-state index in [2.05, 4.69) is 11.9 Å². The van der Waals surface area contributed by atoms with Gasteiger partial charge in [0.1, 0.15) is 5.75 Å². The molecule has 16 heavy (non-hydrogen) atoms. The summed E-state index contributed by atoms with van der Waals surface area (Å²) in [5.41, 5.74) is 1.06. The maximum absolute atomic E-state index is 11.3. The van der Waals surface area contributed by atoms with E-state index in [0.717, 1.165) is 11.3 Å². The normalized spacial score (nSPS) is 9.56. The summed E-state index contributed by atoms with van der Waals surface area (Å²) in [5.74, 6) is 0.873. The van der Waals surface area contributed by atoms with Crippen LogP contribution in [0.5, 0.6) is 5.75 Å². The van der Waals surface area contributed by atoms with Crippen LogP contribution in [0, 0.1) is 0 Å². The lowest BCUT2D eigenvalue weighted by molar-refractivity contribution is -0.121. The SMILES string of the molecule is C=CCCC(=O)NCc1ccc(OC)cc1. The second-order valence-electron chi connectivity index (χ2n) is 3.45. The van der Waals surface area contributed by atoms with Crippen molar-refractivity contribution in [2.24, 2.45) is 0 Å². The highest BCUT2D eigenvalue weighted by atomic mass is 16.5. The first-order chi connectivity index (χ1) is 7.76. The third kappa shape index (κ3) is 4.17. The van der Waals surface area contributed by atoms with Crippen LogP contribution in [0.1, 0.15) is 18.4 Å². The first kappa shape index (κ1) is 12.3. The molecule has 0 radical (unpaired) electrons. The number of carbonyl (C=O) groups is 1. The number of allylic oxidation sites excluding steroid dienone is 1. The zero-order chi connectivity index (χ0) is 11.8. The summed E-state index contributed by atoms with van der Waals surface area (Å²) in [7, 11) is 1.63. The Labute approximate surface area is 96.1 Å². The molecular weight excluding hydrogens is 202 g/mol. The number of methoxy groups -OCH3 is 1. The molecule has 0 aromatic heterocycles. The average Bonchev–Trinajstić information content (AvgIpc) is 2.34. The van der Waals surface area contributed by atoms with E-state index < -0.39 is 0 Å². The van der Waals surface area contributed by atoms with E-state index in [0.29, 0.717) is 19.4 Å².